The number of hydrogen-bond donors (Lipinski definition) is 0. The SMILES string of the molecule is CC(C)c1nc2nn(C)cc2cc1-c1nc(-c2cccc3nn(CC(F)c4ccc(C(=O)N5CCN(C)CC5)cc4)cc23)c(C2CC2)n1C. The minimum atomic E-state index is -1.28. The number of aryl methyl sites for hydroxylation is 1. The summed E-state index contributed by atoms with van der Waals surface area (Å²) in [6, 6.07) is 15.2. The van der Waals surface area contributed by atoms with Gasteiger partial charge in [0, 0.05) is 91.7 Å². The van der Waals surface area contributed by atoms with Crippen molar-refractivity contribution in [3.63, 3.8) is 0 Å². The normalized spacial score (nSPS) is 16.3. The number of halogens is 1. The van der Waals surface area contributed by atoms with Crippen LogP contribution in [0, 0.1) is 0 Å². The van der Waals surface area contributed by atoms with Gasteiger partial charge >= 0.3 is 0 Å². The molecule has 1 saturated carbocycles. The van der Waals surface area contributed by atoms with Gasteiger partial charge in [-0.3, -0.25) is 14.2 Å². The van der Waals surface area contributed by atoms with E-state index in [0.29, 0.717) is 30.1 Å². The van der Waals surface area contributed by atoms with Crippen LogP contribution in [0.4, 0.5) is 4.39 Å². The third kappa shape index (κ3) is 5.79. The molecule has 2 aromatic carbocycles. The molecule has 4 aromatic heterocycles. The molecule has 10 nitrogen and oxygen atoms in total. The molecule has 8 rings (SSSR count). The molecule has 1 saturated heterocycles. The number of alkyl halides is 1. The zero-order valence-electron chi connectivity index (χ0n) is 28.8. The van der Waals surface area contributed by atoms with E-state index in [0.717, 1.165) is 76.2 Å². The summed E-state index contributed by atoms with van der Waals surface area (Å²) in [4.78, 5) is 27.4. The van der Waals surface area contributed by atoms with E-state index in [4.69, 9.17) is 15.1 Å². The minimum absolute atomic E-state index is 0.00141. The molecule has 5 heterocycles. The summed E-state index contributed by atoms with van der Waals surface area (Å²) in [5.74, 6) is 1.51. The Kier molecular flexibility index (Phi) is 7.82. The number of piperazine rings is 1. The molecule has 2 aliphatic rings. The first-order valence-corrected chi connectivity index (χ1v) is 17.2. The number of nitrogens with zero attached hydrogens (tertiary/aromatic N) is 9. The van der Waals surface area contributed by atoms with E-state index in [-0.39, 0.29) is 18.4 Å². The standard InChI is InChI=1S/C38H42FN9O/c1-23(2)33-29(19-27-20-45(4)43-36(27)40-33)37-41-34(35(46(37)5)25-11-12-25)28-7-6-8-32-30(28)21-48(42-32)22-31(39)24-9-13-26(14-10-24)38(49)47-17-15-44(3)16-18-47/h6-10,13-14,19-21,23,25,31H,11-12,15-18,22H2,1-5H3. The molecule has 1 unspecified atom stereocenters. The second-order valence-electron chi connectivity index (χ2n) is 14.1. The largest absolute Gasteiger partial charge is 0.336 e. The van der Waals surface area contributed by atoms with Crippen LogP contribution < -0.4 is 0 Å². The molecular formula is C38H42FN9O. The number of hydrogen-bond acceptors (Lipinski definition) is 6. The molecule has 0 radical (unpaired) electrons. The van der Waals surface area contributed by atoms with E-state index in [1.165, 1.54) is 5.69 Å². The Morgan fingerprint density at radius 1 is 0.918 bits per heavy atom. The average Bonchev–Trinajstić information content (AvgIpc) is 3.58. The van der Waals surface area contributed by atoms with Gasteiger partial charge < -0.3 is 14.4 Å². The van der Waals surface area contributed by atoms with Crippen LogP contribution in [0.3, 0.4) is 0 Å². The van der Waals surface area contributed by atoms with Crippen LogP contribution in [0.5, 0.6) is 0 Å². The number of imidazole rings is 1. The molecule has 1 atom stereocenters. The van der Waals surface area contributed by atoms with E-state index >= 15 is 4.39 Å². The Morgan fingerprint density at radius 3 is 2.39 bits per heavy atom. The van der Waals surface area contributed by atoms with Gasteiger partial charge in [-0.1, -0.05) is 38.1 Å². The average molecular weight is 660 g/mol. The van der Waals surface area contributed by atoms with Crippen molar-refractivity contribution in [2.75, 3.05) is 33.2 Å². The third-order valence-electron chi connectivity index (χ3n) is 10.0. The number of carbonyl (C=O) groups is 1. The Hall–Kier alpha value is -4.90. The summed E-state index contributed by atoms with van der Waals surface area (Å²) in [7, 11) is 6.09. The molecule has 0 N–H and O–H groups in total. The second-order valence-corrected chi connectivity index (χ2v) is 14.1. The smallest absolute Gasteiger partial charge is 0.253 e. The first-order valence-electron chi connectivity index (χ1n) is 17.2. The maximum atomic E-state index is 15.8. The zero-order chi connectivity index (χ0) is 34.0. The number of fused-ring (bicyclic) bond motifs is 2. The number of aromatic nitrogens is 7. The molecule has 0 bridgehead atoms. The van der Waals surface area contributed by atoms with Gasteiger partial charge in [-0.25, -0.2) is 14.4 Å². The number of amides is 1. The van der Waals surface area contributed by atoms with E-state index in [1.807, 2.05) is 36.5 Å². The van der Waals surface area contributed by atoms with Gasteiger partial charge in [0.15, 0.2) is 5.65 Å². The highest BCUT2D eigenvalue weighted by Crippen LogP contribution is 2.47. The lowest BCUT2D eigenvalue weighted by molar-refractivity contribution is 0.0664. The van der Waals surface area contributed by atoms with Gasteiger partial charge in [-0.2, -0.15) is 10.2 Å². The summed E-state index contributed by atoms with van der Waals surface area (Å²) >= 11 is 0. The lowest BCUT2D eigenvalue weighted by Gasteiger charge is -2.32. The number of carbonyl (C=O) groups excluding carboxylic acids is 1. The molecule has 2 fully saturated rings. The number of likely N-dealkylation sites (N-methyl/N-ethyl adjacent to an activating group) is 1. The first kappa shape index (κ1) is 31.4. The van der Waals surface area contributed by atoms with Gasteiger partial charge in [0.2, 0.25) is 0 Å². The molecule has 6 aromatic rings. The van der Waals surface area contributed by atoms with Crippen LogP contribution in [-0.4, -0.2) is 83.0 Å². The fourth-order valence-corrected chi connectivity index (χ4v) is 7.17. The Balaban J connectivity index is 1.10. The predicted molar refractivity (Wildman–Crippen MR) is 189 cm³/mol. The van der Waals surface area contributed by atoms with Crippen molar-refractivity contribution < 1.29 is 9.18 Å². The van der Waals surface area contributed by atoms with E-state index in [2.05, 4.69) is 54.6 Å². The maximum absolute atomic E-state index is 15.8. The van der Waals surface area contributed by atoms with Crippen molar-refractivity contribution in [2.24, 2.45) is 14.1 Å². The van der Waals surface area contributed by atoms with Crippen molar-refractivity contribution >= 4 is 27.8 Å². The maximum Gasteiger partial charge on any atom is 0.253 e. The van der Waals surface area contributed by atoms with Gasteiger partial charge in [0.25, 0.3) is 5.91 Å². The Labute approximate surface area is 285 Å². The van der Waals surface area contributed by atoms with Gasteiger partial charge in [-0.15, -0.1) is 0 Å². The van der Waals surface area contributed by atoms with Gasteiger partial charge in [0.1, 0.15) is 12.0 Å². The fourth-order valence-electron chi connectivity index (χ4n) is 7.17. The highest BCUT2D eigenvalue weighted by atomic mass is 19.1. The molecule has 11 heteroatoms. The lowest BCUT2D eigenvalue weighted by atomic mass is 10.0. The van der Waals surface area contributed by atoms with E-state index in [9.17, 15) is 4.79 Å². The van der Waals surface area contributed by atoms with E-state index < -0.39 is 6.17 Å². The van der Waals surface area contributed by atoms with E-state index in [1.54, 1.807) is 33.6 Å². The Bertz CT molecular complexity index is 2180. The van der Waals surface area contributed by atoms with Crippen molar-refractivity contribution in [3.8, 4) is 22.6 Å². The zero-order valence-corrected chi connectivity index (χ0v) is 28.8. The summed E-state index contributed by atoms with van der Waals surface area (Å²) in [5.41, 5.74) is 7.81. The van der Waals surface area contributed by atoms with Gasteiger partial charge in [0.05, 0.1) is 23.4 Å². The van der Waals surface area contributed by atoms with Crippen LogP contribution >= 0.6 is 0 Å². The first-order chi connectivity index (χ1) is 23.6. The van der Waals surface area contributed by atoms with Crippen LogP contribution in [0.1, 0.15) is 72.0 Å². The molecule has 252 valence electrons. The summed E-state index contributed by atoms with van der Waals surface area (Å²) in [5, 5.41) is 11.3. The third-order valence-corrected chi connectivity index (χ3v) is 10.0. The number of benzene rings is 2. The van der Waals surface area contributed by atoms with Crippen LogP contribution in [0.15, 0.2) is 60.9 Å². The quantitative estimate of drug-likeness (QED) is 0.186. The molecule has 1 aliphatic heterocycles. The monoisotopic (exact) mass is 659 g/mol. The summed E-state index contributed by atoms with van der Waals surface area (Å²) in [6.07, 6.45) is 4.91. The molecular weight excluding hydrogens is 617 g/mol. The van der Waals surface area contributed by atoms with Crippen molar-refractivity contribution in [2.45, 2.75) is 51.2 Å². The van der Waals surface area contributed by atoms with Crippen LogP contribution in [-0.2, 0) is 20.6 Å². The minimum Gasteiger partial charge on any atom is -0.336 e. The van der Waals surface area contributed by atoms with Crippen molar-refractivity contribution in [3.05, 3.63) is 83.4 Å². The molecule has 1 amide bonds. The van der Waals surface area contributed by atoms with Crippen molar-refractivity contribution in [1.29, 1.82) is 0 Å². The fraction of sp³-hybridized carbons (Fsp3) is 0.395. The van der Waals surface area contributed by atoms with Crippen LogP contribution in [0.2, 0.25) is 0 Å². The summed E-state index contributed by atoms with van der Waals surface area (Å²) < 4.78 is 21.5. The van der Waals surface area contributed by atoms with Gasteiger partial charge in [-0.05, 0) is 55.6 Å². The lowest BCUT2D eigenvalue weighted by Crippen LogP contribution is -2.47. The molecule has 49 heavy (non-hydrogen) atoms. The topological polar surface area (TPSA) is 89.9 Å². The molecule has 1 aliphatic carbocycles. The van der Waals surface area contributed by atoms with Crippen LogP contribution in [0.25, 0.3) is 44.6 Å². The van der Waals surface area contributed by atoms with Crippen molar-refractivity contribution in [1.82, 2.24) is 43.9 Å². The Morgan fingerprint density at radius 2 is 1.67 bits per heavy atom. The summed E-state index contributed by atoms with van der Waals surface area (Å²) in [6.45, 7) is 7.51. The number of pyridine rings is 1. The highest BCUT2D eigenvalue weighted by Gasteiger charge is 2.33. The second kappa shape index (κ2) is 12.2. The number of rotatable bonds is 8. The predicted octanol–water partition coefficient (Wildman–Crippen LogP) is 6.48. The highest BCUT2D eigenvalue weighted by molar-refractivity contribution is 5.95. The molecule has 0 spiro atoms.